The van der Waals surface area contributed by atoms with Gasteiger partial charge in [-0.1, -0.05) is 6.07 Å². The number of urea groups is 1. The first-order valence-corrected chi connectivity index (χ1v) is 6.60. The van der Waals surface area contributed by atoms with Crippen LogP contribution in [0.3, 0.4) is 0 Å². The average Bonchev–Trinajstić information content (AvgIpc) is 2.41. The van der Waals surface area contributed by atoms with E-state index >= 15 is 0 Å². The number of ether oxygens (including phenoxy) is 1. The third kappa shape index (κ3) is 6.05. The fraction of sp³-hybridized carbons (Fsp3) is 0.500. The number of aliphatic hydroxyl groups excluding tert-OH is 1. The minimum Gasteiger partial charge on any atom is -0.393 e. The highest BCUT2D eigenvalue weighted by Crippen LogP contribution is 2.16. The first-order chi connectivity index (χ1) is 9.93. The molecule has 0 radical (unpaired) electrons. The molecule has 0 spiro atoms. The zero-order valence-electron chi connectivity index (χ0n) is 12.0. The lowest BCUT2D eigenvalue weighted by atomic mass is 10.1. The van der Waals surface area contributed by atoms with Gasteiger partial charge in [0.1, 0.15) is 0 Å². The number of nitrogens with one attached hydrogen (secondary N) is 2. The molecule has 0 aliphatic rings. The van der Waals surface area contributed by atoms with Gasteiger partial charge in [0.2, 0.25) is 0 Å². The number of aliphatic hydroxyl groups is 1. The molecule has 2 atom stereocenters. The van der Waals surface area contributed by atoms with Gasteiger partial charge in [-0.2, -0.15) is 0 Å². The second-order valence-corrected chi connectivity index (χ2v) is 4.72. The predicted octanol–water partition coefficient (Wildman–Crippen LogP) is 1.72. The van der Waals surface area contributed by atoms with Crippen LogP contribution in [0.15, 0.2) is 18.2 Å². The summed E-state index contributed by atoms with van der Waals surface area (Å²) in [4.78, 5) is 11.7. The third-order valence-electron chi connectivity index (χ3n) is 2.83. The summed E-state index contributed by atoms with van der Waals surface area (Å²) < 4.78 is 31.1. The third-order valence-corrected chi connectivity index (χ3v) is 2.83. The topological polar surface area (TPSA) is 70.6 Å². The fourth-order valence-corrected chi connectivity index (χ4v) is 1.72. The van der Waals surface area contributed by atoms with Crippen molar-refractivity contribution in [2.75, 3.05) is 20.3 Å². The van der Waals surface area contributed by atoms with Gasteiger partial charge in [0.25, 0.3) is 0 Å². The number of halogens is 2. The molecular weight excluding hydrogens is 282 g/mol. The Kier molecular flexibility index (Phi) is 7.04. The zero-order chi connectivity index (χ0) is 15.8. The minimum atomic E-state index is -0.982. The average molecular weight is 302 g/mol. The number of methoxy groups -OCH3 is 1. The van der Waals surface area contributed by atoms with Crippen molar-refractivity contribution in [3.63, 3.8) is 0 Å². The fourth-order valence-electron chi connectivity index (χ4n) is 1.72. The monoisotopic (exact) mass is 302 g/mol. The molecule has 118 valence electrons. The van der Waals surface area contributed by atoms with E-state index in [1.807, 2.05) is 0 Å². The molecule has 0 saturated heterocycles. The van der Waals surface area contributed by atoms with Crippen molar-refractivity contribution >= 4 is 6.03 Å². The van der Waals surface area contributed by atoms with Gasteiger partial charge >= 0.3 is 6.03 Å². The quantitative estimate of drug-likeness (QED) is 0.718. The highest BCUT2D eigenvalue weighted by molar-refractivity contribution is 5.74. The maximum Gasteiger partial charge on any atom is 0.315 e. The highest BCUT2D eigenvalue weighted by atomic mass is 19.2. The van der Waals surface area contributed by atoms with Crippen LogP contribution in [0.2, 0.25) is 0 Å². The Hall–Kier alpha value is -1.73. The van der Waals surface area contributed by atoms with E-state index in [9.17, 15) is 13.6 Å². The Labute approximate surface area is 122 Å². The van der Waals surface area contributed by atoms with Crippen molar-refractivity contribution in [2.45, 2.75) is 25.5 Å². The van der Waals surface area contributed by atoms with Crippen LogP contribution in [-0.2, 0) is 4.74 Å². The predicted molar refractivity (Wildman–Crippen MR) is 73.8 cm³/mol. The van der Waals surface area contributed by atoms with E-state index in [0.717, 1.165) is 12.1 Å². The van der Waals surface area contributed by atoms with E-state index in [1.165, 1.54) is 13.2 Å². The molecule has 2 amide bonds. The van der Waals surface area contributed by atoms with Crippen molar-refractivity contribution in [2.24, 2.45) is 0 Å². The van der Waals surface area contributed by atoms with E-state index in [-0.39, 0.29) is 6.61 Å². The number of amides is 2. The van der Waals surface area contributed by atoms with E-state index < -0.39 is 29.8 Å². The summed E-state index contributed by atoms with van der Waals surface area (Å²) in [6.45, 7) is 2.05. The van der Waals surface area contributed by atoms with E-state index in [2.05, 4.69) is 10.6 Å². The number of hydrogen-bond donors (Lipinski definition) is 3. The lowest BCUT2D eigenvalue weighted by Crippen LogP contribution is -2.40. The Balaban J connectivity index is 2.64. The molecule has 0 aliphatic carbocycles. The molecule has 0 heterocycles. The largest absolute Gasteiger partial charge is 0.393 e. The highest BCUT2D eigenvalue weighted by Gasteiger charge is 2.16. The van der Waals surface area contributed by atoms with Gasteiger partial charge < -0.3 is 20.5 Å². The SMILES string of the molecule is COCC(NC(=O)NCCC(C)O)c1ccc(F)c(F)c1. The molecule has 1 aromatic rings. The van der Waals surface area contributed by atoms with E-state index in [0.29, 0.717) is 18.5 Å². The number of carbonyl (C=O) groups is 1. The Morgan fingerprint density at radius 3 is 2.67 bits per heavy atom. The molecule has 7 heteroatoms. The molecule has 1 rings (SSSR count). The zero-order valence-corrected chi connectivity index (χ0v) is 12.0. The standard InChI is InChI=1S/C14H20F2N2O3/c1-9(19)5-6-17-14(20)18-13(8-21-2)10-3-4-11(15)12(16)7-10/h3-4,7,9,13,19H,5-6,8H2,1-2H3,(H2,17,18,20). The number of rotatable bonds is 7. The van der Waals surface area contributed by atoms with Gasteiger partial charge in [0, 0.05) is 13.7 Å². The normalized spacial score (nSPS) is 13.6. The molecule has 5 nitrogen and oxygen atoms in total. The first-order valence-electron chi connectivity index (χ1n) is 6.60. The molecule has 0 fully saturated rings. The van der Waals surface area contributed by atoms with Crippen LogP contribution in [0.25, 0.3) is 0 Å². The summed E-state index contributed by atoms with van der Waals surface area (Å²) in [5.41, 5.74) is 0.404. The second-order valence-electron chi connectivity index (χ2n) is 4.72. The lowest BCUT2D eigenvalue weighted by Gasteiger charge is -2.19. The number of carbonyl (C=O) groups excluding carboxylic acids is 1. The Morgan fingerprint density at radius 2 is 2.10 bits per heavy atom. The van der Waals surface area contributed by atoms with Crippen LogP contribution in [0, 0.1) is 11.6 Å². The van der Waals surface area contributed by atoms with Crippen molar-refractivity contribution in [1.29, 1.82) is 0 Å². The molecule has 1 aromatic carbocycles. The molecule has 0 aliphatic heterocycles. The molecule has 0 aromatic heterocycles. The van der Waals surface area contributed by atoms with Gasteiger partial charge in [-0.05, 0) is 31.0 Å². The summed E-state index contributed by atoms with van der Waals surface area (Å²) in [6.07, 6.45) is -0.0839. The molecule has 0 saturated carbocycles. The first kappa shape index (κ1) is 17.3. The summed E-state index contributed by atoms with van der Waals surface area (Å²) in [6, 6.07) is 2.34. The van der Waals surface area contributed by atoms with Gasteiger partial charge in [-0.3, -0.25) is 0 Å². The summed E-state index contributed by atoms with van der Waals surface area (Å²) in [7, 11) is 1.44. The van der Waals surface area contributed by atoms with Crippen molar-refractivity contribution in [3.05, 3.63) is 35.4 Å². The van der Waals surface area contributed by atoms with Crippen LogP contribution in [-0.4, -0.2) is 37.5 Å². The molecule has 3 N–H and O–H groups in total. The maximum atomic E-state index is 13.2. The van der Waals surface area contributed by atoms with Crippen LogP contribution in [0.4, 0.5) is 13.6 Å². The molecule has 21 heavy (non-hydrogen) atoms. The van der Waals surface area contributed by atoms with Crippen LogP contribution in [0.1, 0.15) is 24.9 Å². The van der Waals surface area contributed by atoms with Crippen molar-refractivity contribution in [3.8, 4) is 0 Å². The van der Waals surface area contributed by atoms with Crippen LogP contribution < -0.4 is 10.6 Å². The summed E-state index contributed by atoms with van der Waals surface area (Å²) >= 11 is 0. The van der Waals surface area contributed by atoms with E-state index in [4.69, 9.17) is 9.84 Å². The van der Waals surface area contributed by atoms with Crippen molar-refractivity contribution < 1.29 is 23.4 Å². The van der Waals surface area contributed by atoms with E-state index in [1.54, 1.807) is 6.92 Å². The van der Waals surface area contributed by atoms with Gasteiger partial charge in [-0.25, -0.2) is 13.6 Å². The Bertz CT molecular complexity index is 470. The second kappa shape index (κ2) is 8.53. The number of hydrogen-bond acceptors (Lipinski definition) is 3. The molecular formula is C14H20F2N2O3. The van der Waals surface area contributed by atoms with Crippen molar-refractivity contribution in [1.82, 2.24) is 10.6 Å². The van der Waals surface area contributed by atoms with Gasteiger partial charge in [0.15, 0.2) is 11.6 Å². The molecule has 2 unspecified atom stereocenters. The Morgan fingerprint density at radius 1 is 1.38 bits per heavy atom. The maximum absolute atomic E-state index is 13.2. The summed E-state index contributed by atoms with van der Waals surface area (Å²) in [5, 5.41) is 14.3. The summed E-state index contributed by atoms with van der Waals surface area (Å²) in [5.74, 6) is -1.93. The smallest absolute Gasteiger partial charge is 0.315 e. The van der Waals surface area contributed by atoms with Gasteiger partial charge in [-0.15, -0.1) is 0 Å². The minimum absolute atomic E-state index is 0.120. The van der Waals surface area contributed by atoms with Gasteiger partial charge in [0.05, 0.1) is 18.8 Å². The number of benzene rings is 1. The molecule has 0 bridgehead atoms. The lowest BCUT2D eigenvalue weighted by molar-refractivity contribution is 0.164. The van der Waals surface area contributed by atoms with Crippen LogP contribution >= 0.6 is 0 Å². The van der Waals surface area contributed by atoms with Crippen LogP contribution in [0.5, 0.6) is 0 Å².